The van der Waals surface area contributed by atoms with E-state index < -0.39 is 28.4 Å². The molecule has 0 spiro atoms. The molecule has 0 fully saturated rings. The minimum absolute atomic E-state index is 0.112. The van der Waals surface area contributed by atoms with Crippen molar-refractivity contribution in [1.29, 1.82) is 0 Å². The number of nitrogens with one attached hydrogen (secondary N) is 2. The quantitative estimate of drug-likeness (QED) is 0.523. The summed E-state index contributed by atoms with van der Waals surface area (Å²) in [6.07, 6.45) is 0.775. The van der Waals surface area contributed by atoms with Crippen molar-refractivity contribution in [2.24, 2.45) is 5.41 Å². The fourth-order valence-corrected chi connectivity index (χ4v) is 2.61. The monoisotopic (exact) mass is 375 g/mol. The van der Waals surface area contributed by atoms with E-state index in [1.807, 2.05) is 20.8 Å². The van der Waals surface area contributed by atoms with Gasteiger partial charge in [-0.3, -0.25) is 19.7 Å². The first-order valence-electron chi connectivity index (χ1n) is 8.33. The lowest BCUT2D eigenvalue weighted by molar-refractivity contribution is -0.384. The Morgan fingerprint density at radius 3 is 2.52 bits per heavy atom. The lowest BCUT2D eigenvalue weighted by Crippen LogP contribution is -2.41. The Bertz CT molecular complexity index is 958. The third-order valence-electron chi connectivity index (χ3n) is 4.07. The summed E-state index contributed by atoms with van der Waals surface area (Å²) >= 11 is 0. The number of rotatable bonds is 6. The number of aliphatic carboxylic acids is 1. The molecule has 1 aromatic heterocycles. The van der Waals surface area contributed by atoms with E-state index in [2.05, 4.69) is 10.3 Å². The third-order valence-corrected chi connectivity index (χ3v) is 4.07. The van der Waals surface area contributed by atoms with Crippen molar-refractivity contribution in [2.45, 2.75) is 39.7 Å². The molecule has 144 valence electrons. The number of fused-ring (bicyclic) bond motifs is 1. The number of carboxylic acids is 1. The molecule has 0 aliphatic rings. The highest BCUT2D eigenvalue weighted by molar-refractivity contribution is 6.07. The van der Waals surface area contributed by atoms with Gasteiger partial charge in [-0.05, 0) is 24.3 Å². The maximum Gasteiger partial charge on any atom is 0.326 e. The number of aromatic amines is 1. The van der Waals surface area contributed by atoms with Gasteiger partial charge in [-0.2, -0.15) is 0 Å². The van der Waals surface area contributed by atoms with Crippen molar-refractivity contribution in [1.82, 2.24) is 10.3 Å². The second-order valence-electron chi connectivity index (χ2n) is 7.50. The van der Waals surface area contributed by atoms with Crippen LogP contribution in [0.5, 0.6) is 0 Å². The van der Waals surface area contributed by atoms with Crippen molar-refractivity contribution in [3.05, 3.63) is 50.3 Å². The summed E-state index contributed by atoms with van der Waals surface area (Å²) in [4.78, 5) is 48.8. The number of carbonyl (C=O) groups excluding carboxylic acids is 1. The average molecular weight is 375 g/mol. The molecule has 0 radical (unpaired) electrons. The highest BCUT2D eigenvalue weighted by Gasteiger charge is 2.24. The smallest absolute Gasteiger partial charge is 0.326 e. The predicted molar refractivity (Wildman–Crippen MR) is 98.8 cm³/mol. The molecular formula is C18H21N3O6. The highest BCUT2D eigenvalue weighted by atomic mass is 16.6. The maximum atomic E-state index is 12.6. The van der Waals surface area contributed by atoms with E-state index in [4.69, 9.17) is 0 Å². The van der Waals surface area contributed by atoms with Crippen LogP contribution in [-0.2, 0) is 4.79 Å². The van der Waals surface area contributed by atoms with E-state index >= 15 is 0 Å². The second-order valence-corrected chi connectivity index (χ2v) is 7.50. The van der Waals surface area contributed by atoms with E-state index in [9.17, 15) is 29.6 Å². The number of carboxylic acid groups (broad SMARTS) is 1. The number of carbonyl (C=O) groups is 2. The summed E-state index contributed by atoms with van der Waals surface area (Å²) in [6.45, 7) is 5.87. The van der Waals surface area contributed by atoms with Crippen LogP contribution in [0.25, 0.3) is 10.9 Å². The summed E-state index contributed by atoms with van der Waals surface area (Å²) in [5.74, 6) is -1.96. The van der Waals surface area contributed by atoms with Crippen molar-refractivity contribution in [2.75, 3.05) is 0 Å². The van der Waals surface area contributed by atoms with Crippen molar-refractivity contribution in [3.63, 3.8) is 0 Å². The number of pyridine rings is 1. The van der Waals surface area contributed by atoms with Gasteiger partial charge >= 0.3 is 5.97 Å². The minimum atomic E-state index is -1.19. The molecule has 1 aromatic carbocycles. The molecule has 1 amide bonds. The van der Waals surface area contributed by atoms with Crippen LogP contribution < -0.4 is 10.9 Å². The van der Waals surface area contributed by atoms with Crippen molar-refractivity contribution in [3.8, 4) is 0 Å². The normalized spacial score (nSPS) is 12.6. The average Bonchev–Trinajstić information content (AvgIpc) is 2.55. The number of H-pyrrole nitrogens is 1. The number of non-ortho nitro benzene ring substituents is 1. The molecule has 1 unspecified atom stereocenters. The Morgan fingerprint density at radius 2 is 1.96 bits per heavy atom. The van der Waals surface area contributed by atoms with Crippen LogP contribution in [-0.4, -0.2) is 32.9 Å². The summed E-state index contributed by atoms with van der Waals surface area (Å²) in [5, 5.41) is 23.0. The van der Waals surface area contributed by atoms with E-state index in [-0.39, 0.29) is 34.0 Å². The van der Waals surface area contributed by atoms with Gasteiger partial charge in [0.1, 0.15) is 6.04 Å². The second kappa shape index (κ2) is 7.56. The van der Waals surface area contributed by atoms with Gasteiger partial charge in [-0.1, -0.05) is 20.8 Å². The Hall–Kier alpha value is -3.23. The van der Waals surface area contributed by atoms with Crippen LogP contribution in [0.2, 0.25) is 0 Å². The number of hydrogen-bond donors (Lipinski definition) is 3. The molecule has 3 N–H and O–H groups in total. The van der Waals surface area contributed by atoms with E-state index in [1.165, 1.54) is 18.2 Å². The summed E-state index contributed by atoms with van der Waals surface area (Å²) in [5.41, 5.74) is -0.788. The molecule has 1 atom stereocenters. The fourth-order valence-electron chi connectivity index (χ4n) is 2.61. The summed E-state index contributed by atoms with van der Waals surface area (Å²) in [6, 6.07) is 3.59. The zero-order valence-corrected chi connectivity index (χ0v) is 15.2. The highest BCUT2D eigenvalue weighted by Crippen LogP contribution is 2.23. The molecule has 2 aromatic rings. The van der Waals surface area contributed by atoms with Crippen LogP contribution >= 0.6 is 0 Å². The van der Waals surface area contributed by atoms with Crippen molar-refractivity contribution < 1.29 is 19.6 Å². The van der Waals surface area contributed by atoms with Gasteiger partial charge in [0, 0.05) is 29.1 Å². The van der Waals surface area contributed by atoms with Crippen LogP contribution in [0, 0.1) is 15.5 Å². The number of nitro benzene ring substituents is 1. The zero-order chi connectivity index (χ0) is 20.4. The van der Waals surface area contributed by atoms with Gasteiger partial charge in [0.2, 0.25) is 5.56 Å². The largest absolute Gasteiger partial charge is 0.480 e. The minimum Gasteiger partial charge on any atom is -0.480 e. The molecule has 9 heteroatoms. The molecular weight excluding hydrogens is 354 g/mol. The van der Waals surface area contributed by atoms with Gasteiger partial charge in [0.05, 0.1) is 10.5 Å². The summed E-state index contributed by atoms with van der Waals surface area (Å²) < 4.78 is 0. The molecule has 9 nitrogen and oxygen atoms in total. The molecule has 0 saturated carbocycles. The number of aromatic nitrogens is 1. The van der Waals surface area contributed by atoms with Crippen LogP contribution in [0.4, 0.5) is 5.69 Å². The van der Waals surface area contributed by atoms with E-state index in [0.29, 0.717) is 6.42 Å². The number of nitrogens with zero attached hydrogens (tertiary/aromatic N) is 1. The van der Waals surface area contributed by atoms with Gasteiger partial charge in [0.15, 0.2) is 0 Å². The first-order valence-corrected chi connectivity index (χ1v) is 8.33. The van der Waals surface area contributed by atoms with Gasteiger partial charge < -0.3 is 15.4 Å². The lowest BCUT2D eigenvalue weighted by atomic mass is 9.88. The van der Waals surface area contributed by atoms with E-state index in [0.717, 1.165) is 6.07 Å². The van der Waals surface area contributed by atoms with Crippen LogP contribution in [0.3, 0.4) is 0 Å². The van der Waals surface area contributed by atoms with Crippen LogP contribution in [0.1, 0.15) is 44.0 Å². The summed E-state index contributed by atoms with van der Waals surface area (Å²) in [7, 11) is 0. The first kappa shape index (κ1) is 20.1. The molecule has 1 heterocycles. The van der Waals surface area contributed by atoms with Crippen LogP contribution in [0.15, 0.2) is 29.1 Å². The maximum absolute atomic E-state index is 12.6. The number of benzene rings is 1. The van der Waals surface area contributed by atoms with E-state index in [1.54, 1.807) is 0 Å². The molecule has 0 aliphatic carbocycles. The number of nitro groups is 1. The SMILES string of the molecule is CC(C)(C)CCC(NC(=O)c1cc(=O)[nH]c2ccc([N+](=O)[O-])cc12)C(=O)O. The molecule has 0 aliphatic heterocycles. The number of hydrogen-bond acceptors (Lipinski definition) is 5. The molecule has 27 heavy (non-hydrogen) atoms. The van der Waals surface area contributed by atoms with Crippen molar-refractivity contribution >= 4 is 28.5 Å². The number of amides is 1. The molecule has 0 bridgehead atoms. The third kappa shape index (κ3) is 5.13. The predicted octanol–water partition coefficient (Wildman–Crippen LogP) is 2.45. The molecule has 0 saturated heterocycles. The Kier molecular flexibility index (Phi) is 5.63. The lowest BCUT2D eigenvalue weighted by Gasteiger charge is -2.21. The first-order chi connectivity index (χ1) is 12.5. The zero-order valence-electron chi connectivity index (χ0n) is 15.2. The Labute approximate surface area is 154 Å². The topological polar surface area (TPSA) is 142 Å². The molecule has 2 rings (SSSR count). The fraction of sp³-hybridized carbons (Fsp3) is 0.389. The Balaban J connectivity index is 2.40. The van der Waals surface area contributed by atoms with Gasteiger partial charge in [-0.15, -0.1) is 0 Å². The standard InChI is InChI=1S/C18H21N3O6/c1-18(2,3)7-6-14(17(24)25)20-16(23)12-9-15(22)19-13-5-4-10(21(26)27)8-11(12)13/h4-5,8-9,14H,6-7H2,1-3H3,(H,19,22)(H,20,23)(H,24,25). The van der Waals surface area contributed by atoms with Gasteiger partial charge in [-0.25, -0.2) is 4.79 Å². The van der Waals surface area contributed by atoms with Gasteiger partial charge in [0.25, 0.3) is 11.6 Å². The Morgan fingerprint density at radius 1 is 1.30 bits per heavy atom.